The number of carbonyl (C=O) groups is 2. The highest BCUT2D eigenvalue weighted by Gasteiger charge is 2.10. The number of hydrogen-bond acceptors (Lipinski definition) is 4. The fourth-order valence-electron chi connectivity index (χ4n) is 2.78. The lowest BCUT2D eigenvalue weighted by atomic mass is 10.1. The number of anilines is 1. The van der Waals surface area contributed by atoms with Crippen molar-refractivity contribution in [3.63, 3.8) is 0 Å². The van der Waals surface area contributed by atoms with Gasteiger partial charge in [0.1, 0.15) is 5.75 Å². The van der Waals surface area contributed by atoms with E-state index in [4.69, 9.17) is 4.74 Å². The van der Waals surface area contributed by atoms with Gasteiger partial charge in [0.25, 0.3) is 5.91 Å². The predicted octanol–water partition coefficient (Wildman–Crippen LogP) is 4.04. The van der Waals surface area contributed by atoms with E-state index in [1.807, 2.05) is 42.5 Å². The predicted molar refractivity (Wildman–Crippen MR) is 113 cm³/mol. The number of nitrogens with zero attached hydrogens (tertiary/aromatic N) is 1. The minimum atomic E-state index is -0.159. The molecule has 3 rings (SSSR count). The maximum atomic E-state index is 12.4. The molecule has 29 heavy (non-hydrogen) atoms. The highest BCUT2D eigenvalue weighted by atomic mass is 16.5. The van der Waals surface area contributed by atoms with Crippen molar-refractivity contribution in [3.8, 4) is 17.0 Å². The van der Waals surface area contributed by atoms with E-state index in [1.165, 1.54) is 0 Å². The quantitative estimate of drug-likeness (QED) is 0.639. The average Bonchev–Trinajstić information content (AvgIpc) is 2.78. The third-order valence-electron chi connectivity index (χ3n) is 4.44. The molecule has 0 unspecified atom stereocenters. The molecule has 148 valence electrons. The van der Waals surface area contributed by atoms with Crippen LogP contribution in [0.5, 0.6) is 5.75 Å². The Kier molecular flexibility index (Phi) is 6.58. The van der Waals surface area contributed by atoms with Crippen LogP contribution in [-0.2, 0) is 11.3 Å². The van der Waals surface area contributed by atoms with Gasteiger partial charge in [-0.1, -0.05) is 31.2 Å². The summed E-state index contributed by atoms with van der Waals surface area (Å²) in [5.74, 6) is 0.543. The van der Waals surface area contributed by atoms with E-state index < -0.39 is 0 Å². The summed E-state index contributed by atoms with van der Waals surface area (Å²) in [7, 11) is 1.62. The molecule has 0 saturated carbocycles. The van der Waals surface area contributed by atoms with E-state index in [9.17, 15) is 9.59 Å². The van der Waals surface area contributed by atoms with Crippen LogP contribution in [0.15, 0.2) is 66.9 Å². The lowest BCUT2D eigenvalue weighted by Gasteiger charge is -2.10. The molecular weight excluding hydrogens is 366 g/mol. The highest BCUT2D eigenvalue weighted by molar-refractivity contribution is 5.96. The summed E-state index contributed by atoms with van der Waals surface area (Å²) < 4.78 is 5.13. The first-order valence-electron chi connectivity index (χ1n) is 9.37. The zero-order valence-corrected chi connectivity index (χ0v) is 16.4. The van der Waals surface area contributed by atoms with Gasteiger partial charge < -0.3 is 15.4 Å². The van der Waals surface area contributed by atoms with Crippen molar-refractivity contribution in [1.82, 2.24) is 10.3 Å². The molecule has 0 atom stereocenters. The number of rotatable bonds is 7. The van der Waals surface area contributed by atoms with Crippen LogP contribution in [0.1, 0.15) is 29.3 Å². The summed E-state index contributed by atoms with van der Waals surface area (Å²) in [5.41, 5.74) is 3.68. The first kappa shape index (κ1) is 20.1. The van der Waals surface area contributed by atoms with E-state index in [0.29, 0.717) is 29.9 Å². The van der Waals surface area contributed by atoms with Gasteiger partial charge in [-0.3, -0.25) is 14.6 Å². The van der Waals surface area contributed by atoms with Crippen molar-refractivity contribution in [1.29, 1.82) is 0 Å². The monoisotopic (exact) mass is 389 g/mol. The van der Waals surface area contributed by atoms with Gasteiger partial charge in [-0.2, -0.15) is 0 Å². The molecule has 0 bridgehead atoms. The Morgan fingerprint density at radius 2 is 1.72 bits per heavy atom. The third kappa shape index (κ3) is 5.19. The van der Waals surface area contributed by atoms with Gasteiger partial charge in [0.05, 0.1) is 18.5 Å². The molecule has 0 aliphatic heterocycles. The molecule has 2 aromatic carbocycles. The van der Waals surface area contributed by atoms with Crippen molar-refractivity contribution in [3.05, 3.63) is 78.0 Å². The Labute approximate surface area is 169 Å². The number of aromatic nitrogens is 1. The molecule has 3 aromatic rings. The molecule has 2 amide bonds. The molecule has 0 radical (unpaired) electrons. The van der Waals surface area contributed by atoms with Gasteiger partial charge in [-0.25, -0.2) is 0 Å². The topological polar surface area (TPSA) is 80.3 Å². The van der Waals surface area contributed by atoms with Crippen molar-refractivity contribution < 1.29 is 14.3 Å². The molecular formula is C23H23N3O3. The maximum absolute atomic E-state index is 12.4. The van der Waals surface area contributed by atoms with Crippen molar-refractivity contribution in [2.24, 2.45) is 0 Å². The Hall–Kier alpha value is -3.67. The first-order chi connectivity index (χ1) is 14.1. The van der Waals surface area contributed by atoms with Crippen LogP contribution in [0.3, 0.4) is 0 Å². The van der Waals surface area contributed by atoms with Crippen LogP contribution in [-0.4, -0.2) is 23.9 Å². The molecule has 0 aliphatic carbocycles. The largest absolute Gasteiger partial charge is 0.497 e. The van der Waals surface area contributed by atoms with Gasteiger partial charge in [0, 0.05) is 30.3 Å². The van der Waals surface area contributed by atoms with Gasteiger partial charge in [-0.15, -0.1) is 0 Å². The van der Waals surface area contributed by atoms with Gasteiger partial charge in [-0.05, 0) is 42.0 Å². The highest BCUT2D eigenvalue weighted by Crippen LogP contribution is 2.26. The number of benzene rings is 2. The Balaban J connectivity index is 1.68. The van der Waals surface area contributed by atoms with E-state index in [0.717, 1.165) is 16.9 Å². The zero-order chi connectivity index (χ0) is 20.6. The molecule has 0 saturated heterocycles. The Morgan fingerprint density at radius 3 is 2.38 bits per heavy atom. The summed E-state index contributed by atoms with van der Waals surface area (Å²) in [4.78, 5) is 28.5. The third-order valence-corrected chi connectivity index (χ3v) is 4.44. The fourth-order valence-corrected chi connectivity index (χ4v) is 2.78. The SMILES string of the molecule is CCC(=O)Nc1cccnc1-c1ccc(C(=O)NCc2ccc(OC)cc2)cc1. The van der Waals surface area contributed by atoms with Crippen LogP contribution < -0.4 is 15.4 Å². The molecule has 0 spiro atoms. The van der Waals surface area contributed by atoms with E-state index >= 15 is 0 Å². The molecule has 1 aromatic heterocycles. The first-order valence-corrected chi connectivity index (χ1v) is 9.37. The number of amides is 2. The van der Waals surface area contributed by atoms with Crippen LogP contribution in [0.4, 0.5) is 5.69 Å². The van der Waals surface area contributed by atoms with Gasteiger partial charge in [0.2, 0.25) is 5.91 Å². The van der Waals surface area contributed by atoms with Crippen molar-refractivity contribution in [2.45, 2.75) is 19.9 Å². The number of ether oxygens (including phenoxy) is 1. The second-order valence-electron chi connectivity index (χ2n) is 6.41. The Morgan fingerprint density at radius 1 is 1.00 bits per heavy atom. The van der Waals surface area contributed by atoms with Crippen molar-refractivity contribution in [2.75, 3.05) is 12.4 Å². The molecule has 1 heterocycles. The second kappa shape index (κ2) is 9.50. The summed E-state index contributed by atoms with van der Waals surface area (Å²) in [6.45, 7) is 2.22. The minimum Gasteiger partial charge on any atom is -0.497 e. The average molecular weight is 389 g/mol. The van der Waals surface area contributed by atoms with E-state index in [-0.39, 0.29) is 11.8 Å². The minimum absolute atomic E-state index is 0.0752. The summed E-state index contributed by atoms with van der Waals surface area (Å²) in [6, 6.07) is 18.3. The fraction of sp³-hybridized carbons (Fsp3) is 0.174. The van der Waals surface area contributed by atoms with E-state index in [2.05, 4.69) is 15.6 Å². The smallest absolute Gasteiger partial charge is 0.251 e. The number of nitrogens with one attached hydrogen (secondary N) is 2. The lowest BCUT2D eigenvalue weighted by Crippen LogP contribution is -2.22. The summed E-state index contributed by atoms with van der Waals surface area (Å²) >= 11 is 0. The normalized spacial score (nSPS) is 10.3. The van der Waals surface area contributed by atoms with Crippen LogP contribution in [0.25, 0.3) is 11.3 Å². The van der Waals surface area contributed by atoms with Gasteiger partial charge >= 0.3 is 0 Å². The lowest BCUT2D eigenvalue weighted by molar-refractivity contribution is -0.115. The Bertz CT molecular complexity index is 983. The van der Waals surface area contributed by atoms with Crippen LogP contribution in [0, 0.1) is 0 Å². The van der Waals surface area contributed by atoms with E-state index in [1.54, 1.807) is 38.4 Å². The number of pyridine rings is 1. The van der Waals surface area contributed by atoms with Crippen molar-refractivity contribution >= 4 is 17.5 Å². The number of methoxy groups -OCH3 is 1. The summed E-state index contributed by atoms with van der Waals surface area (Å²) in [6.07, 6.45) is 2.06. The second-order valence-corrected chi connectivity index (χ2v) is 6.41. The van der Waals surface area contributed by atoms with Crippen LogP contribution >= 0.6 is 0 Å². The molecule has 6 nitrogen and oxygen atoms in total. The zero-order valence-electron chi connectivity index (χ0n) is 16.4. The molecule has 0 fully saturated rings. The number of carbonyl (C=O) groups excluding carboxylic acids is 2. The van der Waals surface area contributed by atoms with Crippen LogP contribution in [0.2, 0.25) is 0 Å². The van der Waals surface area contributed by atoms with Gasteiger partial charge in [0.15, 0.2) is 0 Å². The standard InChI is InChI=1S/C23H23N3O3/c1-3-21(27)26-20-5-4-14-24-22(20)17-8-10-18(11-9-17)23(28)25-15-16-6-12-19(29-2)13-7-16/h4-14H,3,15H2,1-2H3,(H,25,28)(H,26,27). The maximum Gasteiger partial charge on any atom is 0.251 e. The molecule has 2 N–H and O–H groups in total. The molecule has 6 heteroatoms. The molecule has 0 aliphatic rings. The number of hydrogen-bond donors (Lipinski definition) is 2. The summed E-state index contributed by atoms with van der Waals surface area (Å²) in [5, 5.41) is 5.76.